The first-order chi connectivity index (χ1) is 22.8. The maximum absolute atomic E-state index is 13.3. The predicted octanol–water partition coefficient (Wildman–Crippen LogP) is 3.70. The number of esters is 1. The fraction of sp³-hybridized carbons (Fsp3) is 0.281. The van der Waals surface area contributed by atoms with Gasteiger partial charge in [0.2, 0.25) is 5.95 Å². The quantitative estimate of drug-likeness (QED) is 0.217. The number of methoxy groups -OCH3 is 1. The lowest BCUT2D eigenvalue weighted by atomic mass is 10.2. The molecule has 1 aliphatic carbocycles. The molecule has 4 heterocycles. The van der Waals surface area contributed by atoms with Crippen molar-refractivity contribution in [3.8, 4) is 11.4 Å². The van der Waals surface area contributed by atoms with E-state index >= 15 is 0 Å². The molecule has 48 heavy (non-hydrogen) atoms. The summed E-state index contributed by atoms with van der Waals surface area (Å²) < 4.78 is 32.1. The molecule has 0 unspecified atom stereocenters. The molecule has 0 radical (unpaired) electrons. The van der Waals surface area contributed by atoms with Crippen molar-refractivity contribution in [2.75, 3.05) is 43.5 Å². The summed E-state index contributed by atoms with van der Waals surface area (Å²) >= 11 is 0. The van der Waals surface area contributed by atoms with E-state index < -0.39 is 16.0 Å². The molecule has 15 nitrogen and oxygen atoms in total. The number of rotatable bonds is 9. The number of anilines is 3. The first kappa shape index (κ1) is 32.3. The zero-order valence-corrected chi connectivity index (χ0v) is 26.1. The van der Waals surface area contributed by atoms with Gasteiger partial charge in [0.1, 0.15) is 12.1 Å². The van der Waals surface area contributed by atoms with Crippen molar-refractivity contribution < 1.29 is 22.7 Å². The fourth-order valence-corrected chi connectivity index (χ4v) is 6.29. The number of aromatic amines is 1. The van der Waals surface area contributed by atoms with Crippen molar-refractivity contribution in [3.05, 3.63) is 90.0 Å². The van der Waals surface area contributed by atoms with E-state index in [9.17, 15) is 18.0 Å². The van der Waals surface area contributed by atoms with Crippen LogP contribution < -0.4 is 10.2 Å². The SMILES string of the molecule is C.COC(=O)c1cc(Nc2cc(C3CC3)[nH]n2)nc(N2CCN(C(=O)c3ccc(S(=O)(=O)n4cnc(-c5ccccc5)n4)cc3)CC2)n1. The van der Waals surface area contributed by atoms with Gasteiger partial charge in [-0.25, -0.2) is 14.8 Å². The number of nitrogens with one attached hydrogen (secondary N) is 2. The zero-order valence-electron chi connectivity index (χ0n) is 25.3. The summed E-state index contributed by atoms with van der Waals surface area (Å²) in [7, 11) is -2.73. The van der Waals surface area contributed by atoms with Crippen LogP contribution in [0.5, 0.6) is 0 Å². The highest BCUT2D eigenvalue weighted by atomic mass is 32.2. The van der Waals surface area contributed by atoms with Gasteiger partial charge in [-0.3, -0.25) is 9.89 Å². The molecule has 5 aromatic rings. The average molecular weight is 671 g/mol. The van der Waals surface area contributed by atoms with Crippen LogP contribution in [0, 0.1) is 0 Å². The highest BCUT2D eigenvalue weighted by Crippen LogP contribution is 2.39. The van der Waals surface area contributed by atoms with Crippen molar-refractivity contribution in [2.45, 2.75) is 31.1 Å². The van der Waals surface area contributed by atoms with Gasteiger partial charge in [-0.15, -0.1) is 9.19 Å². The van der Waals surface area contributed by atoms with Gasteiger partial charge >= 0.3 is 5.97 Å². The molecule has 16 heteroatoms. The molecule has 248 valence electrons. The Morgan fingerprint density at radius 1 is 0.938 bits per heavy atom. The second-order valence-corrected chi connectivity index (χ2v) is 12.9. The standard InChI is InChI=1S/C31H30N10O5S.CH4/c1-46-30(43)25-18-26(34-27-17-24(36-37-27)20-7-8-20)35-31(33-25)40-15-13-39(14-16-40)29(42)22-9-11-23(12-10-22)47(44,45)41-19-32-28(38-41)21-5-3-2-4-6-21;/h2-6,9-12,17-20H,7-8,13-16H2,1H3,(H2,33,34,35,36,37);1H4. The number of hydrogen-bond acceptors (Lipinski definition) is 12. The number of piperazine rings is 1. The number of aromatic nitrogens is 7. The smallest absolute Gasteiger partial charge is 0.356 e. The Kier molecular flexibility index (Phi) is 8.90. The normalized spacial score (nSPS) is 14.7. The minimum atomic E-state index is -4.01. The Labute approximate surface area is 277 Å². The molecule has 0 atom stereocenters. The van der Waals surface area contributed by atoms with Gasteiger partial charge in [0.15, 0.2) is 17.3 Å². The lowest BCUT2D eigenvalue weighted by Crippen LogP contribution is -2.49. The number of ether oxygens (including phenoxy) is 1. The maximum atomic E-state index is 13.3. The van der Waals surface area contributed by atoms with Crippen LogP contribution in [0.4, 0.5) is 17.6 Å². The Morgan fingerprint density at radius 2 is 1.67 bits per heavy atom. The predicted molar refractivity (Wildman–Crippen MR) is 177 cm³/mol. The van der Waals surface area contributed by atoms with Gasteiger partial charge in [-0.05, 0) is 37.1 Å². The second kappa shape index (κ2) is 13.2. The van der Waals surface area contributed by atoms with Gasteiger partial charge in [-0.2, -0.15) is 18.5 Å². The molecule has 1 saturated heterocycles. The molecule has 7 rings (SSSR count). The summed E-state index contributed by atoms with van der Waals surface area (Å²) in [5, 5.41) is 14.6. The molecule has 1 saturated carbocycles. The first-order valence-corrected chi connectivity index (χ1v) is 16.4. The van der Waals surface area contributed by atoms with E-state index in [1.165, 1.54) is 37.4 Å². The van der Waals surface area contributed by atoms with E-state index in [-0.39, 0.29) is 29.7 Å². The average Bonchev–Trinajstić information content (AvgIpc) is 3.64. The van der Waals surface area contributed by atoms with Gasteiger partial charge < -0.3 is 19.9 Å². The fourth-order valence-electron chi connectivity index (χ4n) is 5.24. The van der Waals surface area contributed by atoms with Crippen molar-refractivity contribution >= 4 is 39.5 Å². The number of H-pyrrole nitrogens is 1. The van der Waals surface area contributed by atoms with E-state index in [4.69, 9.17) is 4.74 Å². The molecule has 2 aliphatic rings. The number of carbonyl (C=O) groups is 2. The Bertz CT molecular complexity index is 2030. The second-order valence-electron chi connectivity index (χ2n) is 11.2. The summed E-state index contributed by atoms with van der Waals surface area (Å²) in [6.45, 7) is 1.54. The third-order valence-electron chi connectivity index (χ3n) is 7.98. The van der Waals surface area contributed by atoms with Gasteiger partial charge in [0.05, 0.1) is 12.0 Å². The van der Waals surface area contributed by atoms with Gasteiger partial charge in [0.25, 0.3) is 15.9 Å². The van der Waals surface area contributed by atoms with E-state index in [0.717, 1.165) is 29.0 Å². The van der Waals surface area contributed by atoms with Crippen LogP contribution in [0.25, 0.3) is 11.4 Å². The minimum Gasteiger partial charge on any atom is -0.464 e. The van der Waals surface area contributed by atoms with Crippen molar-refractivity contribution in [2.24, 2.45) is 0 Å². The van der Waals surface area contributed by atoms with Crippen molar-refractivity contribution in [3.63, 3.8) is 0 Å². The lowest BCUT2D eigenvalue weighted by molar-refractivity contribution is 0.0593. The molecule has 0 bridgehead atoms. The molecule has 3 aromatic heterocycles. The number of nitrogens with zero attached hydrogens (tertiary/aromatic N) is 8. The largest absolute Gasteiger partial charge is 0.464 e. The number of benzene rings is 2. The maximum Gasteiger partial charge on any atom is 0.356 e. The zero-order chi connectivity index (χ0) is 32.5. The van der Waals surface area contributed by atoms with E-state index in [1.54, 1.807) is 17.0 Å². The van der Waals surface area contributed by atoms with Crippen LogP contribution in [0.1, 0.15) is 52.7 Å². The summed E-state index contributed by atoms with van der Waals surface area (Å²) in [4.78, 5) is 42.5. The van der Waals surface area contributed by atoms with Crippen LogP contribution in [-0.4, -0.2) is 92.8 Å². The first-order valence-electron chi connectivity index (χ1n) is 14.9. The summed E-state index contributed by atoms with van der Waals surface area (Å²) in [5.74, 6) is 1.24. The third kappa shape index (κ3) is 6.60. The highest BCUT2D eigenvalue weighted by Gasteiger charge is 2.28. The van der Waals surface area contributed by atoms with E-state index in [0.29, 0.717) is 60.8 Å². The molecular formula is C32H34N10O5S. The Morgan fingerprint density at radius 3 is 2.35 bits per heavy atom. The minimum absolute atomic E-state index is 0. The van der Waals surface area contributed by atoms with Crippen LogP contribution in [0.2, 0.25) is 0 Å². The Hall–Kier alpha value is -5.64. The lowest BCUT2D eigenvalue weighted by Gasteiger charge is -2.35. The molecular weight excluding hydrogens is 636 g/mol. The monoisotopic (exact) mass is 670 g/mol. The summed E-state index contributed by atoms with van der Waals surface area (Å²) in [6.07, 6.45) is 3.42. The molecule has 2 fully saturated rings. The van der Waals surface area contributed by atoms with Crippen molar-refractivity contribution in [1.29, 1.82) is 0 Å². The Balaban J connectivity index is 0.00000401. The molecule has 2 N–H and O–H groups in total. The van der Waals surface area contributed by atoms with Gasteiger partial charge in [-0.1, -0.05) is 37.8 Å². The molecule has 0 spiro atoms. The van der Waals surface area contributed by atoms with Crippen LogP contribution in [0.3, 0.4) is 0 Å². The molecule has 2 aromatic carbocycles. The summed E-state index contributed by atoms with van der Waals surface area (Å²) in [6, 6.07) is 18.2. The highest BCUT2D eigenvalue weighted by molar-refractivity contribution is 7.89. The number of carbonyl (C=O) groups excluding carboxylic acids is 2. The topological polar surface area (TPSA) is 181 Å². The summed E-state index contributed by atoms with van der Waals surface area (Å²) in [5.41, 5.74) is 2.19. The number of amides is 1. The van der Waals surface area contributed by atoms with E-state index in [2.05, 4.69) is 35.6 Å². The van der Waals surface area contributed by atoms with Crippen LogP contribution in [-0.2, 0) is 14.8 Å². The van der Waals surface area contributed by atoms with Crippen molar-refractivity contribution in [1.82, 2.24) is 39.2 Å². The number of hydrogen-bond donors (Lipinski definition) is 2. The molecule has 1 aliphatic heterocycles. The molecule has 1 amide bonds. The van der Waals surface area contributed by atoms with Crippen LogP contribution in [0.15, 0.2) is 78.0 Å². The van der Waals surface area contributed by atoms with Crippen LogP contribution >= 0.6 is 0 Å². The third-order valence-corrected chi connectivity index (χ3v) is 9.52. The van der Waals surface area contributed by atoms with Gasteiger partial charge in [0, 0.05) is 61.1 Å². The van der Waals surface area contributed by atoms with E-state index in [1.807, 2.05) is 29.2 Å².